The number of halogens is 1. The highest BCUT2D eigenvalue weighted by Crippen LogP contribution is 2.32. The van der Waals surface area contributed by atoms with Crippen molar-refractivity contribution in [3.8, 4) is 0 Å². The molecule has 30 nitrogen and oxygen atoms in total. The normalized spacial score (nSPS) is 12.1. The Morgan fingerprint density at radius 3 is 0.929 bits per heavy atom. The number of aryl methyl sites for hydroxylation is 5. The number of amides is 3. The van der Waals surface area contributed by atoms with Crippen molar-refractivity contribution in [2.24, 2.45) is 17.6 Å². The van der Waals surface area contributed by atoms with Crippen molar-refractivity contribution in [1.82, 2.24) is 46.0 Å². The number of hydrogen-bond acceptors (Lipinski definition) is 27. The van der Waals surface area contributed by atoms with Crippen LogP contribution in [0.25, 0.3) is 0 Å². The number of thiazole rings is 4. The van der Waals surface area contributed by atoms with E-state index in [9.17, 15) is 64.4 Å². The molecule has 7 aromatic carbocycles. The highest BCUT2D eigenvalue weighted by atomic mass is 79.9. The first kappa shape index (κ1) is 105. The molecule has 12 rings (SSSR count). The number of carbonyl (C=O) groups is 5. The molecule has 0 aliphatic heterocycles. The van der Waals surface area contributed by atoms with Crippen LogP contribution in [0.3, 0.4) is 0 Å². The van der Waals surface area contributed by atoms with Crippen molar-refractivity contribution in [3.63, 3.8) is 0 Å². The van der Waals surface area contributed by atoms with E-state index in [1.165, 1.54) is 82.5 Å². The van der Waals surface area contributed by atoms with E-state index in [0.29, 0.717) is 47.9 Å². The average molecular weight is 1870 g/mol. The summed E-state index contributed by atoms with van der Waals surface area (Å²) < 4.78 is 15.8. The van der Waals surface area contributed by atoms with Gasteiger partial charge in [0.25, 0.3) is 22.7 Å². The van der Waals surface area contributed by atoms with E-state index in [-0.39, 0.29) is 98.5 Å². The number of nitrogens with zero attached hydrogens (tertiary/aromatic N) is 10. The molecular formula is C92H107BrN14O16S4. The maximum absolute atomic E-state index is 13.6. The summed E-state index contributed by atoms with van der Waals surface area (Å²) >= 11 is 5.92. The van der Waals surface area contributed by atoms with E-state index in [4.69, 9.17) is 19.7 Å². The third-order valence-corrected chi connectivity index (χ3v) is 23.1. The Bertz CT molecular complexity index is 5240. The first-order valence-electron chi connectivity index (χ1n) is 40.0. The van der Waals surface area contributed by atoms with E-state index in [1.54, 1.807) is 80.6 Å². The highest BCUT2D eigenvalue weighted by Gasteiger charge is 2.35. The predicted molar refractivity (Wildman–Crippen MR) is 500 cm³/mol. The highest BCUT2D eigenvalue weighted by molar-refractivity contribution is 8.93. The number of nitro groups is 4. The van der Waals surface area contributed by atoms with Crippen LogP contribution in [0, 0.1) is 59.2 Å². The molecule has 0 spiro atoms. The van der Waals surface area contributed by atoms with Gasteiger partial charge in [-0.1, -0.05) is 187 Å². The molecule has 0 fully saturated rings. The summed E-state index contributed by atoms with van der Waals surface area (Å²) in [4.78, 5) is 130. The summed E-state index contributed by atoms with van der Waals surface area (Å²) in [6.07, 6.45) is 5.85. The molecule has 0 aliphatic rings. The van der Waals surface area contributed by atoms with Crippen LogP contribution in [0.15, 0.2) is 227 Å². The van der Waals surface area contributed by atoms with Crippen LogP contribution in [0.4, 0.5) is 22.7 Å². The van der Waals surface area contributed by atoms with Crippen molar-refractivity contribution >= 4 is 115 Å². The van der Waals surface area contributed by atoms with E-state index >= 15 is 0 Å². The van der Waals surface area contributed by atoms with Gasteiger partial charge < -0.3 is 35.7 Å². The van der Waals surface area contributed by atoms with Gasteiger partial charge in [-0.25, -0.2) is 19.9 Å². The van der Waals surface area contributed by atoms with Crippen LogP contribution >= 0.6 is 62.3 Å². The second-order valence-electron chi connectivity index (χ2n) is 27.8. The Labute approximate surface area is 764 Å². The van der Waals surface area contributed by atoms with Crippen LogP contribution < -0.4 is 21.7 Å². The molecule has 7 atom stereocenters. The summed E-state index contributed by atoms with van der Waals surface area (Å²) in [5, 5.41) is 67.5. The van der Waals surface area contributed by atoms with Crippen LogP contribution in [-0.2, 0) is 104 Å². The minimum absolute atomic E-state index is 0. The molecule has 0 saturated heterocycles. The largest absolute Gasteiger partial charge is 0.465 e. The zero-order chi connectivity index (χ0) is 89.6. The summed E-state index contributed by atoms with van der Waals surface area (Å²) in [5.74, 6) is -4.27. The number of carbonyl (C=O) groups excluding carboxylic acids is 5. The number of esters is 2. The van der Waals surface area contributed by atoms with Crippen LogP contribution in [0.1, 0.15) is 180 Å². The standard InChI is InChI=1S/C25H25N5O4S.2C25H27N3O5S.C13H15N3O2S.C2H4.2CH4.BrH/c1-3-19-15-35-25(27-19)22(14-18-9-11-20(12-10-18)30(32)33)28-23(31)21(24-26-16(2)29-34-24)13-17-7-5-4-6-8-17;2*1-3-19-16-34-24(26-19)22(15-18-10-12-20(13-11-18)28(31)32)27-23(29)21(25(30)33-4-2)14-17-8-6-5-7-9-17;1-2-10-8-19-13(15-10)12(14)7-9-3-5-11(6-4-9)16(17)18;1-2;;;/h4-12,15,21-22H,3,13-14H2,1-2H3,(H,28,31);2*5-13,16,21-22H,3-4,14-15H2,1-2H3,(H,27,29);3-6,8,12H,2,7,14H2,1H3;1-2H2;2*1H4;1H/t3*21?,22-;12-;;;;/m0000..../s1. The maximum atomic E-state index is 13.6. The molecule has 0 saturated carbocycles. The molecule has 0 bridgehead atoms. The lowest BCUT2D eigenvalue weighted by molar-refractivity contribution is -0.385. The van der Waals surface area contributed by atoms with Gasteiger partial charge in [-0.2, -0.15) is 4.98 Å². The Hall–Kier alpha value is -12.7. The van der Waals surface area contributed by atoms with Crippen molar-refractivity contribution in [3.05, 3.63) is 357 Å². The molecular weight excluding hydrogens is 1770 g/mol. The maximum Gasteiger partial charge on any atom is 0.318 e. The fraction of sp³-hybridized carbons (Fsp3) is 0.315. The number of non-ortho nitro benzene ring substituents is 4. The van der Waals surface area contributed by atoms with E-state index in [0.717, 1.165) is 97.4 Å². The molecule has 3 amide bonds. The molecule has 5 heterocycles. The van der Waals surface area contributed by atoms with E-state index < -0.39 is 79.3 Å². The molecule has 127 heavy (non-hydrogen) atoms. The summed E-state index contributed by atoms with van der Waals surface area (Å²) in [5.41, 5.74) is 16.2. The second kappa shape index (κ2) is 54.3. The number of nitrogens with two attached hydrogens (primary N) is 1. The Kier molecular flexibility index (Phi) is 44.8. The van der Waals surface area contributed by atoms with Crippen molar-refractivity contribution < 1.29 is 57.7 Å². The zero-order valence-corrected chi connectivity index (χ0v) is 75.0. The fourth-order valence-corrected chi connectivity index (χ4v) is 16.2. The zero-order valence-electron chi connectivity index (χ0n) is 70.0. The molecule has 672 valence electrons. The monoisotopic (exact) mass is 1870 g/mol. The van der Waals surface area contributed by atoms with Gasteiger partial charge in [-0.05, 0) is 130 Å². The lowest BCUT2D eigenvalue weighted by Gasteiger charge is -2.21. The number of rotatable bonds is 37. The third kappa shape index (κ3) is 33.0. The molecule has 12 aromatic rings. The Morgan fingerprint density at radius 2 is 0.661 bits per heavy atom. The topological polar surface area (TPSA) is 429 Å². The molecule has 5 aromatic heterocycles. The first-order chi connectivity index (χ1) is 59.8. The van der Waals surface area contributed by atoms with Crippen molar-refractivity contribution in [1.29, 1.82) is 0 Å². The number of aromatic nitrogens is 6. The minimum Gasteiger partial charge on any atom is -0.465 e. The van der Waals surface area contributed by atoms with Crippen LogP contribution in [-0.4, -0.2) is 92.6 Å². The van der Waals surface area contributed by atoms with Crippen molar-refractivity contribution in [2.45, 2.75) is 164 Å². The van der Waals surface area contributed by atoms with Crippen LogP contribution in [0.5, 0.6) is 0 Å². The number of nitrogens with one attached hydrogen (secondary N) is 3. The SMILES string of the molecule is Br.C.C.C=C.CCOC(=O)C(Cc1ccccc1)C(=O)N[C@@H](Cc1ccc([N+](=O)[O-])cc1)c1nc(CC)cs1.CCOC(=O)C(Cc1ccccc1)C(=O)N[C@@H](Cc1ccc([N+](=O)[O-])cc1)c1nc(CC)cs1.CCc1csc([C@@H](N)Cc2ccc([N+](=O)[O-])cc2)n1.CCc1csc([C@H](Cc2ccc([N+](=O)[O-])cc2)NC(=O)C(Cc2ccccc2)c2nc(C)no2)n1. The van der Waals surface area contributed by atoms with Gasteiger partial charge in [0, 0.05) is 70.1 Å². The molecule has 5 N–H and O–H groups in total. The van der Waals surface area contributed by atoms with Crippen molar-refractivity contribution in [2.75, 3.05) is 13.2 Å². The van der Waals surface area contributed by atoms with Gasteiger partial charge in [0.15, 0.2) is 5.82 Å². The number of benzene rings is 7. The van der Waals surface area contributed by atoms with Gasteiger partial charge in [-0.3, -0.25) is 64.4 Å². The van der Waals surface area contributed by atoms with Gasteiger partial charge >= 0.3 is 11.9 Å². The van der Waals surface area contributed by atoms with Gasteiger partial charge in [0.05, 0.1) is 79.9 Å². The average Bonchev–Trinajstić information content (AvgIpc) is 1.75. The smallest absolute Gasteiger partial charge is 0.318 e. The van der Waals surface area contributed by atoms with Crippen LogP contribution in [0.2, 0.25) is 0 Å². The van der Waals surface area contributed by atoms with Gasteiger partial charge in [-0.15, -0.1) is 75.5 Å². The lowest BCUT2D eigenvalue weighted by atomic mass is 9.97. The second-order valence-corrected chi connectivity index (χ2v) is 31.4. The lowest BCUT2D eigenvalue weighted by Crippen LogP contribution is -2.40. The molecule has 0 radical (unpaired) electrons. The molecule has 3 unspecified atom stereocenters. The van der Waals surface area contributed by atoms with E-state index in [2.05, 4.69) is 66.1 Å². The quantitative estimate of drug-likeness (QED) is 0.00923. The minimum atomic E-state index is -1.01. The predicted octanol–water partition coefficient (Wildman–Crippen LogP) is 19.1. The summed E-state index contributed by atoms with van der Waals surface area (Å²) in [6.45, 7) is 19.6. The fourth-order valence-electron chi connectivity index (χ4n) is 12.4. The van der Waals surface area contributed by atoms with Gasteiger partial charge in [0.2, 0.25) is 23.6 Å². The molecule has 35 heteroatoms. The van der Waals surface area contributed by atoms with Gasteiger partial charge in [0.1, 0.15) is 37.8 Å². The Morgan fingerprint density at radius 1 is 0.394 bits per heavy atom. The third-order valence-electron chi connectivity index (χ3n) is 19.0. The summed E-state index contributed by atoms with van der Waals surface area (Å²) in [6, 6.07) is 51.9. The first-order valence-corrected chi connectivity index (χ1v) is 43.5. The molecule has 0 aliphatic carbocycles. The number of nitro benzene ring substituents is 4. The number of ether oxygens (including phenoxy) is 2. The Balaban J connectivity index is 0.000000301. The number of hydrogen-bond donors (Lipinski definition) is 4. The van der Waals surface area contributed by atoms with E-state index in [1.807, 2.05) is 133 Å². The summed E-state index contributed by atoms with van der Waals surface area (Å²) in [7, 11) is 0.